The predicted octanol–water partition coefficient (Wildman–Crippen LogP) is 1.46. The fourth-order valence-corrected chi connectivity index (χ4v) is 1.70. The van der Waals surface area contributed by atoms with Crippen LogP contribution >= 0.6 is 0 Å². The van der Waals surface area contributed by atoms with Gasteiger partial charge in [-0.05, 0) is 12.1 Å². The van der Waals surface area contributed by atoms with E-state index in [2.05, 4.69) is 9.97 Å². The number of nitrogens with two attached hydrogens (primary N) is 1. The zero-order valence-corrected chi connectivity index (χ0v) is 11.0. The number of para-hydroxylation sites is 1. The van der Waals surface area contributed by atoms with Gasteiger partial charge in [-0.15, -0.1) is 0 Å². The quantitative estimate of drug-likeness (QED) is 0.824. The number of rotatable bonds is 6. The van der Waals surface area contributed by atoms with Crippen LogP contribution in [0.4, 0.5) is 0 Å². The van der Waals surface area contributed by atoms with Crippen molar-refractivity contribution in [3.05, 3.63) is 35.9 Å². The number of imidazole rings is 1. The third kappa shape index (κ3) is 2.97. The van der Waals surface area contributed by atoms with Crippen molar-refractivity contribution in [1.29, 1.82) is 0 Å². The molecular formula is C13H17N3O3. The molecule has 0 spiro atoms. The molecule has 6 nitrogen and oxygen atoms in total. The van der Waals surface area contributed by atoms with Crippen LogP contribution in [0.25, 0.3) is 0 Å². The van der Waals surface area contributed by atoms with E-state index in [1.807, 2.05) is 18.2 Å². The molecule has 2 rings (SSSR count). The number of aromatic amines is 1. The van der Waals surface area contributed by atoms with Gasteiger partial charge in [0.1, 0.15) is 12.4 Å². The van der Waals surface area contributed by atoms with Crippen molar-refractivity contribution < 1.29 is 14.2 Å². The van der Waals surface area contributed by atoms with E-state index in [0.29, 0.717) is 36.2 Å². The zero-order valence-electron chi connectivity index (χ0n) is 11.0. The van der Waals surface area contributed by atoms with Crippen LogP contribution in [0.1, 0.15) is 11.5 Å². The predicted molar refractivity (Wildman–Crippen MR) is 70.4 cm³/mol. The molecule has 0 radical (unpaired) electrons. The minimum Gasteiger partial charge on any atom is -0.493 e. The van der Waals surface area contributed by atoms with Crippen LogP contribution in [0.15, 0.2) is 24.4 Å². The number of aromatic nitrogens is 2. The first-order valence-corrected chi connectivity index (χ1v) is 5.85. The van der Waals surface area contributed by atoms with Gasteiger partial charge in [-0.3, -0.25) is 0 Å². The van der Waals surface area contributed by atoms with Crippen LogP contribution in [0.5, 0.6) is 17.2 Å². The molecule has 0 aliphatic rings. The van der Waals surface area contributed by atoms with E-state index < -0.39 is 0 Å². The van der Waals surface area contributed by atoms with Crippen molar-refractivity contribution in [2.24, 2.45) is 5.73 Å². The lowest BCUT2D eigenvalue weighted by atomic mass is 10.3. The number of hydrogen-bond donors (Lipinski definition) is 2. The zero-order chi connectivity index (χ0) is 13.7. The number of H-pyrrole nitrogens is 1. The SMILES string of the molecule is COc1cccc(OCc2ncc(CN)[nH]2)c1OC. The molecule has 1 heterocycles. The molecule has 0 aliphatic carbocycles. The Bertz CT molecular complexity index is 540. The summed E-state index contributed by atoms with van der Waals surface area (Å²) >= 11 is 0. The van der Waals surface area contributed by atoms with Gasteiger partial charge in [0.15, 0.2) is 11.5 Å². The third-order valence-corrected chi connectivity index (χ3v) is 2.63. The maximum absolute atomic E-state index is 5.67. The molecule has 19 heavy (non-hydrogen) atoms. The van der Waals surface area contributed by atoms with Gasteiger partial charge in [0, 0.05) is 18.4 Å². The van der Waals surface area contributed by atoms with E-state index in [1.54, 1.807) is 20.4 Å². The Labute approximate surface area is 111 Å². The highest BCUT2D eigenvalue weighted by atomic mass is 16.5. The highest BCUT2D eigenvalue weighted by Crippen LogP contribution is 2.36. The largest absolute Gasteiger partial charge is 0.493 e. The topological polar surface area (TPSA) is 82.4 Å². The van der Waals surface area contributed by atoms with Gasteiger partial charge in [0.25, 0.3) is 0 Å². The first-order valence-electron chi connectivity index (χ1n) is 5.85. The highest BCUT2D eigenvalue weighted by molar-refractivity contribution is 5.51. The number of nitrogens with zero attached hydrogens (tertiary/aromatic N) is 1. The first-order chi connectivity index (χ1) is 9.28. The molecule has 6 heteroatoms. The van der Waals surface area contributed by atoms with Crippen LogP contribution in [0.2, 0.25) is 0 Å². The van der Waals surface area contributed by atoms with Crippen molar-refractivity contribution >= 4 is 0 Å². The summed E-state index contributed by atoms with van der Waals surface area (Å²) < 4.78 is 16.2. The molecule has 0 unspecified atom stereocenters. The molecule has 0 amide bonds. The summed E-state index contributed by atoms with van der Waals surface area (Å²) in [5, 5.41) is 0. The summed E-state index contributed by atoms with van der Waals surface area (Å²) in [6.07, 6.45) is 1.70. The van der Waals surface area contributed by atoms with Gasteiger partial charge < -0.3 is 24.9 Å². The van der Waals surface area contributed by atoms with Gasteiger partial charge in [-0.25, -0.2) is 4.98 Å². The maximum atomic E-state index is 5.67. The Kier molecular flexibility index (Phi) is 4.25. The minimum atomic E-state index is 0.309. The van der Waals surface area contributed by atoms with Crippen molar-refractivity contribution in [1.82, 2.24) is 9.97 Å². The summed E-state index contributed by atoms with van der Waals surface area (Å²) in [6, 6.07) is 5.46. The lowest BCUT2D eigenvalue weighted by molar-refractivity contribution is 0.269. The van der Waals surface area contributed by atoms with E-state index in [1.165, 1.54) is 0 Å². The van der Waals surface area contributed by atoms with Crippen molar-refractivity contribution in [2.45, 2.75) is 13.2 Å². The minimum absolute atomic E-state index is 0.309. The second kappa shape index (κ2) is 6.10. The van der Waals surface area contributed by atoms with Crippen LogP contribution in [-0.2, 0) is 13.2 Å². The lowest BCUT2D eigenvalue weighted by Crippen LogP contribution is -2.01. The average Bonchev–Trinajstić information content (AvgIpc) is 2.92. The summed E-state index contributed by atoms with van der Waals surface area (Å²) in [6.45, 7) is 0.735. The number of methoxy groups -OCH3 is 2. The van der Waals surface area contributed by atoms with Gasteiger partial charge in [0.2, 0.25) is 5.75 Å². The molecule has 0 bridgehead atoms. The molecule has 3 N–H and O–H groups in total. The lowest BCUT2D eigenvalue weighted by Gasteiger charge is -2.12. The Morgan fingerprint density at radius 3 is 2.63 bits per heavy atom. The summed E-state index contributed by atoms with van der Waals surface area (Å²) in [5.41, 5.74) is 6.38. The molecule has 0 aliphatic heterocycles. The van der Waals surface area contributed by atoms with Crippen LogP contribution in [0.3, 0.4) is 0 Å². The molecular weight excluding hydrogens is 246 g/mol. The van der Waals surface area contributed by atoms with Crippen LogP contribution in [0, 0.1) is 0 Å². The van der Waals surface area contributed by atoms with Crippen molar-refractivity contribution in [3.8, 4) is 17.2 Å². The molecule has 0 atom stereocenters. The first kappa shape index (κ1) is 13.2. The highest BCUT2D eigenvalue weighted by Gasteiger charge is 2.11. The smallest absolute Gasteiger partial charge is 0.203 e. The maximum Gasteiger partial charge on any atom is 0.203 e. The molecule has 0 fully saturated rings. The van der Waals surface area contributed by atoms with E-state index in [0.717, 1.165) is 5.69 Å². The van der Waals surface area contributed by atoms with E-state index in [-0.39, 0.29) is 0 Å². The number of nitrogens with one attached hydrogen (secondary N) is 1. The molecule has 2 aromatic rings. The fraction of sp³-hybridized carbons (Fsp3) is 0.308. The van der Waals surface area contributed by atoms with Crippen molar-refractivity contribution in [2.75, 3.05) is 14.2 Å². The fourth-order valence-electron chi connectivity index (χ4n) is 1.70. The standard InChI is InChI=1S/C13H17N3O3/c1-17-10-4-3-5-11(13(10)18-2)19-8-12-15-7-9(6-14)16-12/h3-5,7H,6,8,14H2,1-2H3,(H,15,16). The Balaban J connectivity index is 2.10. The van der Waals surface area contributed by atoms with Gasteiger partial charge in [0.05, 0.1) is 14.2 Å². The van der Waals surface area contributed by atoms with Gasteiger partial charge >= 0.3 is 0 Å². The second-order valence-corrected chi connectivity index (χ2v) is 3.84. The molecule has 1 aromatic carbocycles. The normalized spacial score (nSPS) is 10.3. The van der Waals surface area contributed by atoms with Crippen molar-refractivity contribution in [3.63, 3.8) is 0 Å². The number of benzene rings is 1. The van der Waals surface area contributed by atoms with E-state index >= 15 is 0 Å². The van der Waals surface area contributed by atoms with Gasteiger partial charge in [-0.1, -0.05) is 6.07 Å². The monoisotopic (exact) mass is 263 g/mol. The Hall–Kier alpha value is -2.21. The van der Waals surface area contributed by atoms with Crippen LogP contribution in [-0.4, -0.2) is 24.2 Å². The summed E-state index contributed by atoms with van der Waals surface area (Å²) in [4.78, 5) is 7.23. The molecule has 102 valence electrons. The van der Waals surface area contributed by atoms with E-state index in [9.17, 15) is 0 Å². The average molecular weight is 263 g/mol. The Morgan fingerprint density at radius 2 is 2.00 bits per heavy atom. The summed E-state index contributed by atoms with van der Waals surface area (Å²) in [5.74, 6) is 2.51. The number of hydrogen-bond acceptors (Lipinski definition) is 5. The van der Waals surface area contributed by atoms with Gasteiger partial charge in [-0.2, -0.15) is 0 Å². The van der Waals surface area contributed by atoms with E-state index in [4.69, 9.17) is 19.9 Å². The second-order valence-electron chi connectivity index (χ2n) is 3.84. The Morgan fingerprint density at radius 1 is 1.21 bits per heavy atom. The third-order valence-electron chi connectivity index (χ3n) is 2.63. The summed E-state index contributed by atoms with van der Waals surface area (Å²) in [7, 11) is 3.16. The molecule has 0 saturated heterocycles. The van der Waals surface area contributed by atoms with Crippen LogP contribution < -0.4 is 19.9 Å². The number of ether oxygens (including phenoxy) is 3. The molecule has 0 saturated carbocycles. The molecule has 1 aromatic heterocycles.